The van der Waals surface area contributed by atoms with E-state index in [1.54, 1.807) is 4.52 Å². The van der Waals surface area contributed by atoms with Crippen LogP contribution in [0.2, 0.25) is 0 Å². The second-order valence-corrected chi connectivity index (χ2v) is 5.44. The number of imidazole rings is 1. The molecule has 2 aromatic heterocycles. The molecule has 0 bridgehead atoms. The second-order valence-electron chi connectivity index (χ2n) is 5.44. The third kappa shape index (κ3) is 2.40. The lowest BCUT2D eigenvalue weighted by Gasteiger charge is -2.18. The zero-order valence-electron chi connectivity index (χ0n) is 13.2. The van der Waals surface area contributed by atoms with Gasteiger partial charge in [-0.1, -0.05) is 13.8 Å². The van der Waals surface area contributed by atoms with Crippen LogP contribution in [0.5, 0.6) is 11.5 Å². The summed E-state index contributed by atoms with van der Waals surface area (Å²) >= 11 is 0. The van der Waals surface area contributed by atoms with E-state index in [-0.39, 0.29) is 0 Å². The monoisotopic (exact) mass is 310 g/mol. The van der Waals surface area contributed by atoms with Crippen molar-refractivity contribution in [3.05, 3.63) is 35.8 Å². The van der Waals surface area contributed by atoms with Crippen molar-refractivity contribution in [3.8, 4) is 22.8 Å². The fourth-order valence-corrected chi connectivity index (χ4v) is 2.78. The molecule has 6 heteroatoms. The minimum Gasteiger partial charge on any atom is -0.486 e. The van der Waals surface area contributed by atoms with Gasteiger partial charge >= 0.3 is 0 Å². The maximum Gasteiger partial charge on any atom is 0.251 e. The zero-order valence-corrected chi connectivity index (χ0v) is 13.2. The molecule has 0 amide bonds. The first kappa shape index (κ1) is 14.0. The highest BCUT2D eigenvalue weighted by molar-refractivity contribution is 5.65. The molecule has 6 nitrogen and oxygen atoms in total. The predicted molar refractivity (Wildman–Crippen MR) is 86.0 cm³/mol. The second kappa shape index (κ2) is 5.53. The number of aromatic nitrogens is 4. The van der Waals surface area contributed by atoms with Gasteiger partial charge in [0.05, 0.1) is 23.3 Å². The first-order valence-corrected chi connectivity index (χ1v) is 7.93. The Morgan fingerprint density at radius 3 is 2.57 bits per heavy atom. The number of nitrogens with zero attached hydrogens (tertiary/aromatic N) is 4. The largest absolute Gasteiger partial charge is 0.486 e. The fraction of sp³-hybridized carbons (Fsp3) is 0.353. The quantitative estimate of drug-likeness (QED) is 0.744. The van der Waals surface area contributed by atoms with Gasteiger partial charge in [-0.3, -0.25) is 0 Å². The van der Waals surface area contributed by atoms with Crippen LogP contribution in [-0.4, -0.2) is 32.8 Å². The minimum absolute atomic E-state index is 0.574. The van der Waals surface area contributed by atoms with E-state index in [1.807, 2.05) is 24.4 Å². The maximum absolute atomic E-state index is 5.64. The van der Waals surface area contributed by atoms with Crippen LogP contribution in [-0.2, 0) is 12.8 Å². The van der Waals surface area contributed by atoms with Gasteiger partial charge in [0.1, 0.15) is 13.2 Å². The highest BCUT2D eigenvalue weighted by atomic mass is 16.6. The highest BCUT2D eigenvalue weighted by Crippen LogP contribution is 2.34. The summed E-state index contributed by atoms with van der Waals surface area (Å²) in [5, 5.41) is 4.63. The SMILES string of the molecule is CCc1nc2nc(-c3ccc4c(c3)OCCO4)cn2nc1CC. The molecule has 23 heavy (non-hydrogen) atoms. The molecule has 0 saturated carbocycles. The van der Waals surface area contributed by atoms with Crippen molar-refractivity contribution in [1.29, 1.82) is 0 Å². The van der Waals surface area contributed by atoms with E-state index in [0.717, 1.165) is 47.0 Å². The standard InChI is InChI=1S/C17H18N4O2/c1-3-12-13(4-2)20-21-10-14(19-17(21)18-12)11-5-6-15-16(9-11)23-8-7-22-15/h5-6,9-10H,3-4,7-8H2,1-2H3. The van der Waals surface area contributed by atoms with Gasteiger partial charge in [0.15, 0.2) is 11.5 Å². The molecule has 0 N–H and O–H groups in total. The molecule has 1 aromatic carbocycles. The smallest absolute Gasteiger partial charge is 0.251 e. The summed E-state index contributed by atoms with van der Waals surface area (Å²) in [6.07, 6.45) is 3.63. The van der Waals surface area contributed by atoms with Crippen molar-refractivity contribution in [2.75, 3.05) is 13.2 Å². The van der Waals surface area contributed by atoms with Crippen LogP contribution in [0.1, 0.15) is 25.2 Å². The summed E-state index contributed by atoms with van der Waals surface area (Å²) in [6.45, 7) is 5.34. The molecule has 0 saturated heterocycles. The molecule has 0 fully saturated rings. The summed E-state index contributed by atoms with van der Waals surface area (Å²) < 4.78 is 13.0. The van der Waals surface area contributed by atoms with Crippen molar-refractivity contribution in [3.63, 3.8) is 0 Å². The Morgan fingerprint density at radius 2 is 1.78 bits per heavy atom. The molecule has 3 aromatic rings. The molecule has 0 atom stereocenters. The number of benzene rings is 1. The summed E-state index contributed by atoms with van der Waals surface area (Å²) in [5.74, 6) is 2.17. The fourth-order valence-electron chi connectivity index (χ4n) is 2.78. The molecule has 3 heterocycles. The van der Waals surface area contributed by atoms with E-state index in [2.05, 4.69) is 28.9 Å². The first-order chi connectivity index (χ1) is 11.3. The van der Waals surface area contributed by atoms with E-state index in [4.69, 9.17) is 9.47 Å². The molecule has 1 aliphatic rings. The molecule has 0 unspecified atom stereocenters. The molecule has 4 rings (SSSR count). The van der Waals surface area contributed by atoms with Gasteiger partial charge in [-0.2, -0.15) is 5.10 Å². The lowest BCUT2D eigenvalue weighted by molar-refractivity contribution is 0.171. The average molecular weight is 310 g/mol. The molecule has 118 valence electrons. The van der Waals surface area contributed by atoms with Crippen molar-refractivity contribution in [1.82, 2.24) is 19.6 Å². The Labute approximate surface area is 134 Å². The number of fused-ring (bicyclic) bond motifs is 2. The summed E-state index contributed by atoms with van der Waals surface area (Å²) in [4.78, 5) is 9.24. The number of rotatable bonds is 3. The van der Waals surface area contributed by atoms with Crippen LogP contribution in [0, 0.1) is 0 Å². The molecule has 0 aliphatic carbocycles. The van der Waals surface area contributed by atoms with E-state index >= 15 is 0 Å². The highest BCUT2D eigenvalue weighted by Gasteiger charge is 2.15. The average Bonchev–Trinajstić information content (AvgIpc) is 3.02. The van der Waals surface area contributed by atoms with Gasteiger partial charge < -0.3 is 9.47 Å². The number of ether oxygens (including phenoxy) is 2. The van der Waals surface area contributed by atoms with Gasteiger partial charge in [-0.25, -0.2) is 14.5 Å². The van der Waals surface area contributed by atoms with Crippen LogP contribution in [0.4, 0.5) is 0 Å². The third-order valence-corrected chi connectivity index (χ3v) is 3.97. The Kier molecular flexibility index (Phi) is 3.37. The van der Waals surface area contributed by atoms with E-state index < -0.39 is 0 Å². The van der Waals surface area contributed by atoms with Crippen molar-refractivity contribution in [2.24, 2.45) is 0 Å². The Hall–Kier alpha value is -2.63. The van der Waals surface area contributed by atoms with Crippen molar-refractivity contribution in [2.45, 2.75) is 26.7 Å². The van der Waals surface area contributed by atoms with Gasteiger partial charge in [0, 0.05) is 5.56 Å². The minimum atomic E-state index is 0.574. The van der Waals surface area contributed by atoms with E-state index in [1.165, 1.54) is 0 Å². The summed E-state index contributed by atoms with van der Waals surface area (Å²) in [6, 6.07) is 5.86. The van der Waals surface area contributed by atoms with Crippen LogP contribution >= 0.6 is 0 Å². The summed E-state index contributed by atoms with van der Waals surface area (Å²) in [5.41, 5.74) is 3.83. The molecule has 0 radical (unpaired) electrons. The first-order valence-electron chi connectivity index (χ1n) is 7.93. The molecular weight excluding hydrogens is 292 g/mol. The van der Waals surface area contributed by atoms with Crippen molar-refractivity contribution >= 4 is 5.78 Å². The molecule has 0 spiro atoms. The van der Waals surface area contributed by atoms with Gasteiger partial charge in [-0.05, 0) is 31.0 Å². The Morgan fingerprint density at radius 1 is 1.00 bits per heavy atom. The van der Waals surface area contributed by atoms with Gasteiger partial charge in [-0.15, -0.1) is 0 Å². The van der Waals surface area contributed by atoms with Crippen LogP contribution in [0.15, 0.2) is 24.4 Å². The molecular formula is C17H18N4O2. The number of hydrogen-bond donors (Lipinski definition) is 0. The normalized spacial score (nSPS) is 13.5. The van der Waals surface area contributed by atoms with Gasteiger partial charge in [0.25, 0.3) is 5.78 Å². The summed E-state index contributed by atoms with van der Waals surface area (Å²) in [7, 11) is 0. The topological polar surface area (TPSA) is 61.5 Å². The number of hydrogen-bond acceptors (Lipinski definition) is 5. The molecule has 1 aliphatic heterocycles. The van der Waals surface area contributed by atoms with Crippen LogP contribution in [0.25, 0.3) is 17.0 Å². The van der Waals surface area contributed by atoms with Crippen molar-refractivity contribution < 1.29 is 9.47 Å². The zero-order chi connectivity index (χ0) is 15.8. The Bertz CT molecular complexity index is 831. The lowest BCUT2D eigenvalue weighted by Crippen LogP contribution is -2.15. The van der Waals surface area contributed by atoms with Gasteiger partial charge in [0.2, 0.25) is 0 Å². The lowest BCUT2D eigenvalue weighted by atomic mass is 10.1. The predicted octanol–water partition coefficient (Wildman–Crippen LogP) is 2.69. The van der Waals surface area contributed by atoms with E-state index in [0.29, 0.717) is 19.0 Å². The van der Waals surface area contributed by atoms with Crippen LogP contribution in [0.3, 0.4) is 0 Å². The Balaban J connectivity index is 1.80. The van der Waals surface area contributed by atoms with Crippen LogP contribution < -0.4 is 9.47 Å². The third-order valence-electron chi connectivity index (χ3n) is 3.97. The number of aryl methyl sites for hydroxylation is 2. The van der Waals surface area contributed by atoms with E-state index in [9.17, 15) is 0 Å². The maximum atomic E-state index is 5.64.